The number of hydrogen-bond acceptors (Lipinski definition) is 6. The molecular weight excluding hydrogens is 545 g/mol. The lowest BCUT2D eigenvalue weighted by molar-refractivity contribution is 0.176. The van der Waals surface area contributed by atoms with E-state index in [4.69, 9.17) is 9.47 Å². The van der Waals surface area contributed by atoms with Crippen LogP contribution in [0.3, 0.4) is 0 Å². The van der Waals surface area contributed by atoms with Crippen molar-refractivity contribution in [3.8, 4) is 11.5 Å². The van der Waals surface area contributed by atoms with Crippen molar-refractivity contribution in [2.75, 3.05) is 33.6 Å². The maximum Gasteiger partial charge on any atom is 0.191 e. The van der Waals surface area contributed by atoms with Crippen LogP contribution >= 0.6 is 24.0 Å². The van der Waals surface area contributed by atoms with Crippen molar-refractivity contribution in [3.63, 3.8) is 0 Å². The van der Waals surface area contributed by atoms with Gasteiger partial charge in [0.15, 0.2) is 15.8 Å². The van der Waals surface area contributed by atoms with Crippen molar-refractivity contribution in [1.82, 2.24) is 10.6 Å². The van der Waals surface area contributed by atoms with E-state index in [-0.39, 0.29) is 30.5 Å². The Hall–Kier alpha value is -2.05. The van der Waals surface area contributed by atoms with E-state index in [0.29, 0.717) is 46.6 Å². The summed E-state index contributed by atoms with van der Waals surface area (Å²) >= 11 is 0. The normalized spacial score (nSPS) is 12.5. The number of guanidine groups is 1. The molecule has 0 fully saturated rings. The molecule has 0 aromatic heterocycles. The minimum absolute atomic E-state index is 0. The summed E-state index contributed by atoms with van der Waals surface area (Å²) < 4.78 is 34.1. The minimum Gasteiger partial charge on any atom is -0.497 e. The predicted molar refractivity (Wildman–Crippen MR) is 137 cm³/mol. The minimum atomic E-state index is -3.25. The SMILES string of the molecule is CCNC(=NCc1ccc(S(C)(=O)=O)c(C)c1)NCC(O)c1cc(OC)ccc1OC.I. The number of hydrogen-bond donors (Lipinski definition) is 3. The smallest absolute Gasteiger partial charge is 0.191 e. The highest BCUT2D eigenvalue weighted by molar-refractivity contribution is 14.0. The molecule has 3 N–H and O–H groups in total. The molecule has 178 valence electrons. The Labute approximate surface area is 207 Å². The quantitative estimate of drug-likeness (QED) is 0.239. The Balaban J connectivity index is 0.00000512. The number of aliphatic hydroxyl groups is 1. The van der Waals surface area contributed by atoms with Crippen molar-refractivity contribution >= 4 is 39.8 Å². The second kappa shape index (κ2) is 12.9. The third-order valence-corrected chi connectivity index (χ3v) is 5.92. The van der Waals surface area contributed by atoms with Crippen LogP contribution in [0.5, 0.6) is 11.5 Å². The number of rotatable bonds is 9. The number of nitrogens with one attached hydrogen (secondary N) is 2. The first-order valence-electron chi connectivity index (χ1n) is 9.91. The molecule has 10 heteroatoms. The van der Waals surface area contributed by atoms with Gasteiger partial charge in [-0.05, 0) is 49.2 Å². The van der Waals surface area contributed by atoms with Crippen molar-refractivity contribution < 1.29 is 23.0 Å². The van der Waals surface area contributed by atoms with Gasteiger partial charge in [0.1, 0.15) is 11.5 Å². The van der Waals surface area contributed by atoms with Crippen LogP contribution in [0.15, 0.2) is 46.3 Å². The summed E-state index contributed by atoms with van der Waals surface area (Å²) in [6, 6.07) is 10.4. The van der Waals surface area contributed by atoms with Crippen LogP contribution in [-0.4, -0.2) is 53.0 Å². The zero-order valence-corrected chi connectivity index (χ0v) is 22.2. The number of benzene rings is 2. The van der Waals surface area contributed by atoms with Crippen LogP contribution in [0.1, 0.15) is 29.7 Å². The number of halogens is 1. The topological polar surface area (TPSA) is 109 Å². The van der Waals surface area contributed by atoms with E-state index in [1.54, 1.807) is 51.5 Å². The molecule has 8 nitrogen and oxygen atoms in total. The molecule has 1 atom stereocenters. The van der Waals surface area contributed by atoms with E-state index in [0.717, 1.165) is 5.56 Å². The first-order chi connectivity index (χ1) is 14.7. The molecule has 32 heavy (non-hydrogen) atoms. The molecule has 2 aromatic carbocycles. The Morgan fingerprint density at radius 3 is 2.41 bits per heavy atom. The summed E-state index contributed by atoms with van der Waals surface area (Å²) in [5, 5.41) is 16.9. The van der Waals surface area contributed by atoms with Gasteiger partial charge < -0.3 is 25.2 Å². The number of aryl methyl sites for hydroxylation is 1. The second-order valence-corrected chi connectivity index (χ2v) is 9.06. The average molecular weight is 577 g/mol. The van der Waals surface area contributed by atoms with E-state index in [9.17, 15) is 13.5 Å². The predicted octanol–water partition coefficient (Wildman–Crippen LogP) is 2.82. The number of sulfone groups is 1. The Bertz CT molecular complexity index is 1030. The highest BCUT2D eigenvalue weighted by Gasteiger charge is 2.15. The zero-order valence-electron chi connectivity index (χ0n) is 19.0. The van der Waals surface area contributed by atoms with Gasteiger partial charge in [-0.15, -0.1) is 24.0 Å². The van der Waals surface area contributed by atoms with Gasteiger partial charge in [0.25, 0.3) is 0 Å². The van der Waals surface area contributed by atoms with Crippen molar-refractivity contribution in [1.29, 1.82) is 0 Å². The number of methoxy groups -OCH3 is 2. The van der Waals surface area contributed by atoms with Gasteiger partial charge in [-0.1, -0.05) is 12.1 Å². The van der Waals surface area contributed by atoms with E-state index >= 15 is 0 Å². The number of nitrogens with zero attached hydrogens (tertiary/aromatic N) is 1. The maximum absolute atomic E-state index is 11.8. The molecule has 0 saturated carbocycles. The summed E-state index contributed by atoms with van der Waals surface area (Å²) in [6.07, 6.45) is 0.355. The summed E-state index contributed by atoms with van der Waals surface area (Å²) in [5.74, 6) is 1.73. The number of aliphatic imine (C=N–C) groups is 1. The highest BCUT2D eigenvalue weighted by atomic mass is 127. The first-order valence-corrected chi connectivity index (χ1v) is 11.8. The fourth-order valence-electron chi connectivity index (χ4n) is 3.14. The van der Waals surface area contributed by atoms with E-state index < -0.39 is 15.9 Å². The van der Waals surface area contributed by atoms with Crippen LogP contribution < -0.4 is 20.1 Å². The fraction of sp³-hybridized carbons (Fsp3) is 0.409. The Morgan fingerprint density at radius 2 is 1.84 bits per heavy atom. The Kier molecular flexibility index (Phi) is 11.2. The molecule has 0 bridgehead atoms. The van der Waals surface area contributed by atoms with Crippen LogP contribution in [0.2, 0.25) is 0 Å². The third-order valence-electron chi connectivity index (χ3n) is 4.66. The standard InChI is InChI=1S/C22H31N3O5S.HI/c1-6-23-22(24-13-16-7-10-21(15(2)11-16)31(5,27)28)25-14-19(26)18-12-17(29-3)8-9-20(18)30-4;/h7-12,19,26H,6,13-14H2,1-5H3,(H2,23,24,25);1H. The summed E-state index contributed by atoms with van der Waals surface area (Å²) in [4.78, 5) is 4.86. The van der Waals surface area contributed by atoms with Gasteiger partial charge in [-0.25, -0.2) is 13.4 Å². The van der Waals surface area contributed by atoms with Crippen LogP contribution in [0.4, 0.5) is 0 Å². The maximum atomic E-state index is 11.8. The van der Waals surface area contributed by atoms with E-state index in [1.807, 2.05) is 13.0 Å². The highest BCUT2D eigenvalue weighted by Crippen LogP contribution is 2.29. The van der Waals surface area contributed by atoms with Crippen molar-refractivity contribution in [3.05, 3.63) is 53.1 Å². The third kappa shape index (κ3) is 7.82. The van der Waals surface area contributed by atoms with Gasteiger partial charge in [0, 0.05) is 24.9 Å². The molecule has 0 radical (unpaired) electrons. The average Bonchev–Trinajstić information content (AvgIpc) is 2.74. The summed E-state index contributed by atoms with van der Waals surface area (Å²) in [7, 11) is -0.138. The lowest BCUT2D eigenvalue weighted by atomic mass is 10.1. The van der Waals surface area contributed by atoms with Crippen molar-refractivity contribution in [2.45, 2.75) is 31.4 Å². The molecule has 2 aromatic rings. The van der Waals surface area contributed by atoms with Gasteiger partial charge in [0.05, 0.1) is 31.8 Å². The molecule has 0 saturated heterocycles. The number of ether oxygens (including phenoxy) is 2. The second-order valence-electron chi connectivity index (χ2n) is 7.07. The zero-order chi connectivity index (χ0) is 23.0. The van der Waals surface area contributed by atoms with Crippen LogP contribution in [0.25, 0.3) is 0 Å². The lowest BCUT2D eigenvalue weighted by Crippen LogP contribution is -2.39. The fourth-order valence-corrected chi connectivity index (χ4v) is 4.10. The molecule has 0 spiro atoms. The molecular formula is C22H32IN3O5S. The molecule has 0 aliphatic heterocycles. The van der Waals surface area contributed by atoms with E-state index in [2.05, 4.69) is 15.6 Å². The molecule has 2 rings (SSSR count). The van der Waals surface area contributed by atoms with Crippen molar-refractivity contribution in [2.24, 2.45) is 4.99 Å². The molecule has 0 amide bonds. The summed E-state index contributed by atoms with van der Waals surface area (Å²) in [6.45, 7) is 4.94. The van der Waals surface area contributed by atoms with E-state index in [1.165, 1.54) is 6.26 Å². The van der Waals surface area contributed by atoms with Crippen LogP contribution in [-0.2, 0) is 16.4 Å². The van der Waals surface area contributed by atoms with Gasteiger partial charge in [-0.3, -0.25) is 0 Å². The van der Waals surface area contributed by atoms with Gasteiger partial charge >= 0.3 is 0 Å². The number of aliphatic hydroxyl groups excluding tert-OH is 1. The van der Waals surface area contributed by atoms with Gasteiger partial charge in [-0.2, -0.15) is 0 Å². The molecule has 0 aliphatic rings. The molecule has 0 heterocycles. The lowest BCUT2D eigenvalue weighted by Gasteiger charge is -2.18. The van der Waals surface area contributed by atoms with Crippen LogP contribution in [0, 0.1) is 6.92 Å². The molecule has 0 aliphatic carbocycles. The monoisotopic (exact) mass is 577 g/mol. The largest absolute Gasteiger partial charge is 0.497 e. The van der Waals surface area contributed by atoms with Gasteiger partial charge in [0.2, 0.25) is 0 Å². The molecule has 1 unspecified atom stereocenters. The Morgan fingerprint density at radius 1 is 1.12 bits per heavy atom. The summed E-state index contributed by atoms with van der Waals surface area (Å²) in [5.41, 5.74) is 2.18. The first kappa shape index (κ1) is 28.0.